The second-order valence-corrected chi connectivity index (χ2v) is 6.30. The van der Waals surface area contributed by atoms with Crippen LogP contribution in [0.25, 0.3) is 0 Å². The number of thiocarbonyl (C=S) groups is 1. The summed E-state index contributed by atoms with van der Waals surface area (Å²) in [7, 11) is 0. The highest BCUT2D eigenvalue weighted by molar-refractivity contribution is 9.10. The lowest BCUT2D eigenvalue weighted by Crippen LogP contribution is -2.20. The Morgan fingerprint density at radius 2 is 2.06 bits per heavy atom. The summed E-state index contributed by atoms with van der Waals surface area (Å²) in [6.07, 6.45) is 0. The summed E-state index contributed by atoms with van der Waals surface area (Å²) in [5.41, 5.74) is 6.54. The van der Waals surface area contributed by atoms with Gasteiger partial charge >= 0.3 is 0 Å². The molecule has 0 saturated carbocycles. The van der Waals surface area contributed by atoms with Crippen molar-refractivity contribution in [1.82, 2.24) is 0 Å². The Labute approximate surface area is 115 Å². The van der Waals surface area contributed by atoms with Crippen LogP contribution in [-0.4, -0.2) is 11.5 Å². The zero-order valence-electron chi connectivity index (χ0n) is 10.1. The van der Waals surface area contributed by atoms with Gasteiger partial charge in [-0.25, -0.2) is 4.39 Å². The van der Waals surface area contributed by atoms with Crippen LogP contribution in [0.4, 0.5) is 10.1 Å². The smallest absolute Gasteiger partial charge is 0.161 e. The molecule has 0 spiro atoms. The number of benzene rings is 1. The molecule has 94 valence electrons. The summed E-state index contributed by atoms with van der Waals surface area (Å²) in [6.45, 7) is 6.92. The second-order valence-electron chi connectivity index (χ2n) is 5.07. The molecule has 0 aliphatic rings. The molecule has 0 heterocycles. The van der Waals surface area contributed by atoms with Crippen molar-refractivity contribution in [3.8, 4) is 0 Å². The van der Waals surface area contributed by atoms with Crippen LogP contribution in [0.5, 0.6) is 0 Å². The van der Waals surface area contributed by atoms with Crippen LogP contribution in [0, 0.1) is 11.2 Å². The molecule has 0 bridgehead atoms. The Balaban J connectivity index is 2.97. The Morgan fingerprint density at radius 3 is 2.53 bits per heavy atom. The molecule has 0 unspecified atom stereocenters. The number of hydrogen-bond acceptors (Lipinski definition) is 2. The SMILES string of the molecule is CC(C)(C)CNc1ccc(C(N)=S)c(Br)c1F. The highest BCUT2D eigenvalue weighted by Crippen LogP contribution is 2.28. The van der Waals surface area contributed by atoms with Gasteiger partial charge in [0.05, 0.1) is 10.2 Å². The third kappa shape index (κ3) is 3.92. The van der Waals surface area contributed by atoms with Crippen LogP contribution in [0.1, 0.15) is 26.3 Å². The Morgan fingerprint density at radius 1 is 1.47 bits per heavy atom. The van der Waals surface area contributed by atoms with Gasteiger partial charge in [0.2, 0.25) is 0 Å². The van der Waals surface area contributed by atoms with E-state index in [9.17, 15) is 4.39 Å². The van der Waals surface area contributed by atoms with Crippen LogP contribution in [0.3, 0.4) is 0 Å². The highest BCUT2D eigenvalue weighted by atomic mass is 79.9. The van der Waals surface area contributed by atoms with Gasteiger partial charge in [-0.05, 0) is 33.5 Å². The van der Waals surface area contributed by atoms with E-state index in [1.165, 1.54) is 0 Å². The number of rotatable bonds is 3. The summed E-state index contributed by atoms with van der Waals surface area (Å²) >= 11 is 8.01. The maximum atomic E-state index is 14.0. The maximum absolute atomic E-state index is 14.0. The van der Waals surface area contributed by atoms with Gasteiger partial charge in [0.25, 0.3) is 0 Å². The van der Waals surface area contributed by atoms with E-state index >= 15 is 0 Å². The molecule has 0 radical (unpaired) electrons. The van der Waals surface area contributed by atoms with Crippen LogP contribution < -0.4 is 11.1 Å². The molecule has 2 nitrogen and oxygen atoms in total. The third-order valence-electron chi connectivity index (χ3n) is 2.16. The van der Waals surface area contributed by atoms with Crippen molar-refractivity contribution in [3.63, 3.8) is 0 Å². The van der Waals surface area contributed by atoms with Gasteiger partial charge in [0.1, 0.15) is 4.99 Å². The fourth-order valence-corrected chi connectivity index (χ4v) is 2.10. The quantitative estimate of drug-likeness (QED) is 0.835. The van der Waals surface area contributed by atoms with E-state index in [0.29, 0.717) is 22.3 Å². The number of nitrogens with two attached hydrogens (primary N) is 1. The molecule has 0 fully saturated rings. The Kier molecular flexibility index (Phi) is 4.49. The monoisotopic (exact) mass is 318 g/mol. The van der Waals surface area contributed by atoms with Gasteiger partial charge in [-0.1, -0.05) is 33.0 Å². The van der Waals surface area contributed by atoms with E-state index < -0.39 is 0 Å². The number of anilines is 1. The molecule has 5 heteroatoms. The van der Waals surface area contributed by atoms with Crippen LogP contribution in [0.2, 0.25) is 0 Å². The molecule has 17 heavy (non-hydrogen) atoms. The topological polar surface area (TPSA) is 38.0 Å². The lowest BCUT2D eigenvalue weighted by molar-refractivity contribution is 0.442. The van der Waals surface area contributed by atoms with Crippen molar-refractivity contribution in [2.45, 2.75) is 20.8 Å². The van der Waals surface area contributed by atoms with E-state index in [2.05, 4.69) is 42.0 Å². The van der Waals surface area contributed by atoms with Gasteiger partial charge in [-0.3, -0.25) is 0 Å². The third-order valence-corrected chi connectivity index (χ3v) is 3.15. The maximum Gasteiger partial charge on any atom is 0.161 e. The lowest BCUT2D eigenvalue weighted by atomic mass is 9.97. The van der Waals surface area contributed by atoms with Crippen molar-refractivity contribution in [1.29, 1.82) is 0 Å². The minimum atomic E-state index is -0.362. The zero-order chi connectivity index (χ0) is 13.2. The second kappa shape index (κ2) is 5.31. The van der Waals surface area contributed by atoms with Crippen LogP contribution in [-0.2, 0) is 0 Å². The minimum Gasteiger partial charge on any atom is -0.389 e. The first-order valence-corrected chi connectivity index (χ1v) is 6.44. The molecule has 0 aliphatic heterocycles. The lowest BCUT2D eigenvalue weighted by Gasteiger charge is -2.20. The summed E-state index contributed by atoms with van der Waals surface area (Å²) in [5, 5.41) is 3.07. The fraction of sp³-hybridized carbons (Fsp3) is 0.417. The standard InChI is InChI=1S/C12H16BrFN2S/c1-12(2,3)6-16-8-5-4-7(11(15)17)9(13)10(8)14/h4-5,16H,6H2,1-3H3,(H2,15,17). The molecule has 0 aromatic heterocycles. The van der Waals surface area contributed by atoms with Crippen molar-refractivity contribution >= 4 is 38.8 Å². The summed E-state index contributed by atoms with van der Waals surface area (Å²) in [5.74, 6) is -0.362. The Hall–Kier alpha value is -0.680. The van der Waals surface area contributed by atoms with Crippen LogP contribution >= 0.6 is 28.1 Å². The molecule has 0 aliphatic carbocycles. The highest BCUT2D eigenvalue weighted by Gasteiger charge is 2.15. The van der Waals surface area contributed by atoms with E-state index in [1.807, 2.05) is 0 Å². The van der Waals surface area contributed by atoms with E-state index in [0.717, 1.165) is 0 Å². The predicted molar refractivity (Wildman–Crippen MR) is 77.9 cm³/mol. The van der Waals surface area contributed by atoms with Crippen molar-refractivity contribution in [2.75, 3.05) is 11.9 Å². The van der Waals surface area contributed by atoms with Gasteiger partial charge < -0.3 is 11.1 Å². The predicted octanol–water partition coefficient (Wildman–Crippen LogP) is 3.68. The molecule has 0 saturated heterocycles. The molecule has 1 rings (SSSR count). The van der Waals surface area contributed by atoms with Crippen LogP contribution in [0.15, 0.2) is 16.6 Å². The van der Waals surface area contributed by atoms with Crippen molar-refractivity contribution < 1.29 is 4.39 Å². The molecular formula is C12H16BrFN2S. The summed E-state index contributed by atoms with van der Waals surface area (Å²) in [6, 6.07) is 3.36. The first kappa shape index (κ1) is 14.4. The number of nitrogens with one attached hydrogen (secondary N) is 1. The van der Waals surface area contributed by atoms with E-state index in [1.54, 1.807) is 12.1 Å². The average molecular weight is 319 g/mol. The van der Waals surface area contributed by atoms with Gasteiger partial charge in [-0.2, -0.15) is 0 Å². The minimum absolute atomic E-state index is 0.0841. The molecular weight excluding hydrogens is 303 g/mol. The fourth-order valence-electron chi connectivity index (χ4n) is 1.24. The molecule has 0 amide bonds. The Bertz CT molecular complexity index is 441. The first-order valence-electron chi connectivity index (χ1n) is 5.24. The van der Waals surface area contributed by atoms with Gasteiger partial charge in [-0.15, -0.1) is 0 Å². The van der Waals surface area contributed by atoms with Gasteiger partial charge in [0, 0.05) is 12.1 Å². The molecule has 0 atom stereocenters. The van der Waals surface area contributed by atoms with Crippen molar-refractivity contribution in [2.24, 2.45) is 11.1 Å². The summed E-state index contributed by atoms with van der Waals surface area (Å²) in [4.78, 5) is 0.179. The number of hydrogen-bond donors (Lipinski definition) is 2. The summed E-state index contributed by atoms with van der Waals surface area (Å²) < 4.78 is 14.3. The number of halogens is 2. The van der Waals surface area contributed by atoms with E-state index in [4.69, 9.17) is 18.0 Å². The molecule has 1 aromatic rings. The zero-order valence-corrected chi connectivity index (χ0v) is 12.5. The largest absolute Gasteiger partial charge is 0.389 e. The normalized spacial score (nSPS) is 11.4. The average Bonchev–Trinajstić information content (AvgIpc) is 2.18. The van der Waals surface area contributed by atoms with Gasteiger partial charge in [0.15, 0.2) is 5.82 Å². The molecule has 1 aromatic carbocycles. The van der Waals surface area contributed by atoms with Crippen molar-refractivity contribution in [3.05, 3.63) is 28.0 Å². The molecule has 3 N–H and O–H groups in total. The first-order chi connectivity index (χ1) is 7.72. The van der Waals surface area contributed by atoms with E-state index in [-0.39, 0.29) is 16.2 Å².